The zero-order chi connectivity index (χ0) is 19.8. The Morgan fingerprint density at radius 2 is 1.56 bits per heavy atom. The molecule has 0 aromatic heterocycles. The standard InChI is InChI=1S/C27H30/c1-7-13-24(20(5)6)23(10-4)27-19-18-22(17-16-21(8-2)9-3)25-14-11-12-15-26(25)27/h7-19H,2H2,1,3-6H3. The van der Waals surface area contributed by atoms with Crippen molar-refractivity contribution in [3.63, 3.8) is 0 Å². The summed E-state index contributed by atoms with van der Waals surface area (Å²) in [6.45, 7) is 14.4. The lowest BCUT2D eigenvalue weighted by molar-refractivity contribution is 1.34. The van der Waals surface area contributed by atoms with E-state index in [9.17, 15) is 0 Å². The Morgan fingerprint density at radius 1 is 0.852 bits per heavy atom. The molecular formula is C27H30. The molecule has 0 saturated heterocycles. The zero-order valence-electron chi connectivity index (χ0n) is 17.2. The maximum absolute atomic E-state index is 3.87. The summed E-state index contributed by atoms with van der Waals surface area (Å²) in [5, 5.41) is 2.54. The van der Waals surface area contributed by atoms with Crippen molar-refractivity contribution in [3.8, 4) is 0 Å². The summed E-state index contributed by atoms with van der Waals surface area (Å²) < 4.78 is 0. The summed E-state index contributed by atoms with van der Waals surface area (Å²) in [6.07, 6.45) is 14.8. The molecule has 0 aliphatic rings. The average Bonchev–Trinajstić information content (AvgIpc) is 2.69. The van der Waals surface area contributed by atoms with Gasteiger partial charge < -0.3 is 0 Å². The van der Waals surface area contributed by atoms with E-state index in [2.05, 4.69) is 107 Å². The monoisotopic (exact) mass is 354 g/mol. The molecule has 2 rings (SSSR count). The third-order valence-electron chi connectivity index (χ3n) is 4.72. The van der Waals surface area contributed by atoms with E-state index in [0.717, 1.165) is 5.57 Å². The molecule has 0 unspecified atom stereocenters. The van der Waals surface area contributed by atoms with Crippen LogP contribution in [0, 0.1) is 0 Å². The lowest BCUT2D eigenvalue weighted by Gasteiger charge is -2.15. The van der Waals surface area contributed by atoms with E-state index >= 15 is 0 Å². The summed E-state index contributed by atoms with van der Waals surface area (Å²) in [4.78, 5) is 0. The van der Waals surface area contributed by atoms with E-state index in [1.54, 1.807) is 0 Å². The zero-order valence-corrected chi connectivity index (χ0v) is 17.2. The van der Waals surface area contributed by atoms with Crippen LogP contribution >= 0.6 is 0 Å². The molecule has 0 nitrogen and oxygen atoms in total. The van der Waals surface area contributed by atoms with Crippen LogP contribution in [0.15, 0.2) is 96.2 Å². The van der Waals surface area contributed by atoms with Gasteiger partial charge in [0.2, 0.25) is 0 Å². The molecule has 0 saturated carbocycles. The van der Waals surface area contributed by atoms with Crippen molar-refractivity contribution >= 4 is 22.4 Å². The molecule has 0 bridgehead atoms. The van der Waals surface area contributed by atoms with E-state index in [4.69, 9.17) is 0 Å². The molecule has 138 valence electrons. The number of hydrogen-bond acceptors (Lipinski definition) is 0. The number of benzene rings is 2. The maximum atomic E-state index is 3.87. The highest BCUT2D eigenvalue weighted by atomic mass is 14.2. The lowest BCUT2D eigenvalue weighted by Crippen LogP contribution is -1.93. The van der Waals surface area contributed by atoms with E-state index in [1.165, 1.54) is 38.6 Å². The van der Waals surface area contributed by atoms with Crippen molar-refractivity contribution in [2.24, 2.45) is 0 Å². The van der Waals surface area contributed by atoms with Crippen LogP contribution in [-0.2, 0) is 0 Å². The first-order valence-electron chi connectivity index (χ1n) is 9.53. The molecule has 0 aliphatic carbocycles. The molecule has 2 aromatic carbocycles. The van der Waals surface area contributed by atoms with E-state index in [0.29, 0.717) is 0 Å². The topological polar surface area (TPSA) is 0 Å². The number of allylic oxidation sites excluding steroid dienone is 10. The summed E-state index contributed by atoms with van der Waals surface area (Å²) in [5.74, 6) is 0. The minimum Gasteiger partial charge on any atom is -0.0985 e. The Hall–Kier alpha value is -2.86. The van der Waals surface area contributed by atoms with Gasteiger partial charge in [-0.2, -0.15) is 0 Å². The molecule has 0 heteroatoms. The van der Waals surface area contributed by atoms with Gasteiger partial charge >= 0.3 is 0 Å². The van der Waals surface area contributed by atoms with E-state index in [-0.39, 0.29) is 0 Å². The van der Waals surface area contributed by atoms with Crippen molar-refractivity contribution in [2.75, 3.05) is 0 Å². The Bertz CT molecular complexity index is 968. The maximum Gasteiger partial charge on any atom is -0.00993 e. The molecule has 27 heavy (non-hydrogen) atoms. The fourth-order valence-electron chi connectivity index (χ4n) is 3.32. The summed E-state index contributed by atoms with van der Waals surface area (Å²) in [7, 11) is 0. The third kappa shape index (κ3) is 4.65. The van der Waals surface area contributed by atoms with Crippen LogP contribution in [0.1, 0.15) is 45.7 Å². The molecule has 0 radical (unpaired) electrons. The first-order chi connectivity index (χ1) is 13.1. The van der Waals surface area contributed by atoms with Crippen LogP contribution < -0.4 is 0 Å². The molecule has 0 amide bonds. The molecule has 2 aromatic rings. The van der Waals surface area contributed by atoms with Gasteiger partial charge in [0.1, 0.15) is 0 Å². The van der Waals surface area contributed by atoms with Crippen LogP contribution in [-0.4, -0.2) is 0 Å². The molecule has 0 spiro atoms. The van der Waals surface area contributed by atoms with Gasteiger partial charge in [-0.3, -0.25) is 0 Å². The fourth-order valence-corrected chi connectivity index (χ4v) is 3.32. The van der Waals surface area contributed by atoms with Gasteiger partial charge in [-0.25, -0.2) is 0 Å². The minimum atomic E-state index is 1.12. The fraction of sp³-hybridized carbons (Fsp3) is 0.185. The van der Waals surface area contributed by atoms with Gasteiger partial charge in [0, 0.05) is 0 Å². The highest BCUT2D eigenvalue weighted by Crippen LogP contribution is 2.34. The van der Waals surface area contributed by atoms with Gasteiger partial charge in [0.05, 0.1) is 0 Å². The number of fused-ring (bicyclic) bond motifs is 1. The average molecular weight is 355 g/mol. The molecular weight excluding hydrogens is 324 g/mol. The van der Waals surface area contributed by atoms with Crippen molar-refractivity contribution in [1.82, 2.24) is 0 Å². The second kappa shape index (κ2) is 9.73. The summed E-state index contributed by atoms with van der Waals surface area (Å²) >= 11 is 0. The molecule has 0 fully saturated rings. The number of hydrogen-bond donors (Lipinski definition) is 0. The largest absolute Gasteiger partial charge is 0.0985 e. The van der Waals surface area contributed by atoms with Gasteiger partial charge in [-0.1, -0.05) is 91.1 Å². The molecule has 0 N–H and O–H groups in total. The Labute approximate surface area is 164 Å². The van der Waals surface area contributed by atoms with Gasteiger partial charge in [0.25, 0.3) is 0 Å². The quantitative estimate of drug-likeness (QED) is 0.458. The SMILES string of the molecule is C=CC(C=Cc1ccc(C(=CC)C(C=CC)=C(C)C)c2ccccc12)=CC. The van der Waals surface area contributed by atoms with Crippen LogP contribution in [0.4, 0.5) is 0 Å². The van der Waals surface area contributed by atoms with Gasteiger partial charge in [0.15, 0.2) is 0 Å². The molecule has 0 atom stereocenters. The first kappa shape index (κ1) is 20.5. The van der Waals surface area contributed by atoms with Crippen LogP contribution in [0.2, 0.25) is 0 Å². The van der Waals surface area contributed by atoms with Crippen LogP contribution in [0.5, 0.6) is 0 Å². The highest BCUT2D eigenvalue weighted by Gasteiger charge is 2.11. The first-order valence-corrected chi connectivity index (χ1v) is 9.53. The Morgan fingerprint density at radius 3 is 2.11 bits per heavy atom. The van der Waals surface area contributed by atoms with Crippen LogP contribution in [0.3, 0.4) is 0 Å². The van der Waals surface area contributed by atoms with E-state index < -0.39 is 0 Å². The smallest absolute Gasteiger partial charge is 0.00993 e. The Kier molecular flexibility index (Phi) is 7.37. The van der Waals surface area contributed by atoms with Gasteiger partial charge in [-0.15, -0.1) is 0 Å². The summed E-state index contributed by atoms with van der Waals surface area (Å²) in [5.41, 5.74) is 7.50. The summed E-state index contributed by atoms with van der Waals surface area (Å²) in [6, 6.07) is 13.1. The predicted octanol–water partition coefficient (Wildman–Crippen LogP) is 8.30. The lowest BCUT2D eigenvalue weighted by atomic mass is 9.89. The normalized spacial score (nSPS) is 12.9. The minimum absolute atomic E-state index is 1.12. The highest BCUT2D eigenvalue weighted by molar-refractivity contribution is 6.02. The third-order valence-corrected chi connectivity index (χ3v) is 4.72. The van der Waals surface area contributed by atoms with E-state index in [1.807, 2.05) is 13.0 Å². The van der Waals surface area contributed by atoms with Gasteiger partial charge in [-0.05, 0) is 73.2 Å². The van der Waals surface area contributed by atoms with Crippen molar-refractivity contribution in [1.29, 1.82) is 0 Å². The second-order valence-electron chi connectivity index (χ2n) is 6.69. The van der Waals surface area contributed by atoms with Crippen molar-refractivity contribution in [3.05, 3.63) is 107 Å². The van der Waals surface area contributed by atoms with Crippen LogP contribution in [0.25, 0.3) is 22.4 Å². The Balaban J connectivity index is 2.70. The number of rotatable bonds is 6. The van der Waals surface area contributed by atoms with Crippen molar-refractivity contribution in [2.45, 2.75) is 34.6 Å². The second-order valence-corrected chi connectivity index (χ2v) is 6.69. The van der Waals surface area contributed by atoms with Crippen molar-refractivity contribution < 1.29 is 0 Å². The molecule has 0 aliphatic heterocycles. The molecule has 0 heterocycles. The predicted molar refractivity (Wildman–Crippen MR) is 124 cm³/mol.